The molecular weight excluding hydrogens is 414 g/mol. The Morgan fingerprint density at radius 2 is 1.61 bits per heavy atom. The third kappa shape index (κ3) is 2.82. The van der Waals surface area contributed by atoms with Crippen LogP contribution in [0.5, 0.6) is 5.75 Å². The second-order valence-electron chi connectivity index (χ2n) is 8.44. The molecule has 3 aromatic rings. The molecule has 0 saturated heterocycles. The second kappa shape index (κ2) is 7.72. The molecule has 162 valence electrons. The number of hydrogen-bond donors (Lipinski definition) is 1. The molecule has 1 aliphatic carbocycles. The van der Waals surface area contributed by atoms with E-state index in [-0.39, 0.29) is 11.3 Å². The second-order valence-corrected chi connectivity index (χ2v) is 8.44. The number of nitro groups is 1. The molecule has 0 saturated carbocycles. The van der Waals surface area contributed by atoms with Gasteiger partial charge in [-0.05, 0) is 23.1 Å². The van der Waals surface area contributed by atoms with Crippen LogP contribution < -0.4 is 4.74 Å². The van der Waals surface area contributed by atoms with E-state index >= 15 is 0 Å². The smallest absolute Gasteiger partial charge is 0.311 e. The van der Waals surface area contributed by atoms with Crippen molar-refractivity contribution in [3.8, 4) is 11.8 Å². The Labute approximate surface area is 191 Å². The Bertz CT molecular complexity index is 1330. The molecule has 0 spiro atoms. The number of para-hydroxylation sites is 1. The normalized spacial score (nSPS) is 25.9. The van der Waals surface area contributed by atoms with Crippen LogP contribution in [0.2, 0.25) is 0 Å². The van der Waals surface area contributed by atoms with Gasteiger partial charge in [-0.15, -0.1) is 0 Å². The zero-order chi connectivity index (χ0) is 23.2. The Kier molecular flexibility index (Phi) is 4.83. The first-order valence-electron chi connectivity index (χ1n) is 10.8. The van der Waals surface area contributed by atoms with Crippen molar-refractivity contribution in [1.29, 1.82) is 10.7 Å². The van der Waals surface area contributed by atoms with E-state index < -0.39 is 28.4 Å². The first kappa shape index (κ1) is 20.7. The summed E-state index contributed by atoms with van der Waals surface area (Å²) in [6, 6.07) is 27.8. The summed E-state index contributed by atoms with van der Waals surface area (Å²) in [4.78, 5) is 12.6. The Morgan fingerprint density at radius 3 is 2.24 bits per heavy atom. The molecule has 0 fully saturated rings. The van der Waals surface area contributed by atoms with Crippen molar-refractivity contribution < 1.29 is 9.66 Å². The molecular formula is C27H21N3O3. The van der Waals surface area contributed by atoms with Crippen LogP contribution >= 0.6 is 0 Å². The lowest BCUT2D eigenvalue weighted by Gasteiger charge is -2.48. The van der Waals surface area contributed by atoms with Gasteiger partial charge in [-0.3, -0.25) is 15.5 Å². The largest absolute Gasteiger partial charge is 0.477 e. The molecule has 0 radical (unpaired) electrons. The highest BCUT2D eigenvalue weighted by Crippen LogP contribution is 2.59. The minimum Gasteiger partial charge on any atom is -0.477 e. The molecule has 0 aromatic heterocycles. The first-order chi connectivity index (χ1) is 16.0. The minimum absolute atomic E-state index is 0.0468. The fraction of sp³-hybridized carbons (Fsp3) is 0.185. The van der Waals surface area contributed by atoms with Crippen molar-refractivity contribution >= 4 is 11.3 Å². The summed E-state index contributed by atoms with van der Waals surface area (Å²) in [6.07, 6.45) is -1.05. The minimum atomic E-state index is -1.95. The maximum atomic E-state index is 13.0. The van der Waals surface area contributed by atoms with Crippen molar-refractivity contribution in [2.75, 3.05) is 0 Å². The Hall–Kier alpha value is -4.24. The molecule has 1 aliphatic heterocycles. The molecule has 6 heteroatoms. The van der Waals surface area contributed by atoms with E-state index in [0.29, 0.717) is 22.4 Å². The predicted molar refractivity (Wildman–Crippen MR) is 125 cm³/mol. The molecule has 33 heavy (non-hydrogen) atoms. The topological polar surface area (TPSA) is 100 Å². The number of hydrogen-bond acceptors (Lipinski definition) is 5. The van der Waals surface area contributed by atoms with Crippen molar-refractivity contribution in [2.24, 2.45) is 5.92 Å². The van der Waals surface area contributed by atoms with Crippen LogP contribution in [0.1, 0.15) is 35.6 Å². The van der Waals surface area contributed by atoms with Gasteiger partial charge in [0.1, 0.15) is 17.5 Å². The SMILES string of the molecule is CC1C(c2ccccc2)=C(C#N)C(=N)[C@@]2([N+](=O)[O-])[C@H](c3ccccc3)Oc3ccccc3[C@@H]12. The van der Waals surface area contributed by atoms with Crippen LogP contribution in [0.25, 0.3) is 5.57 Å². The quantitative estimate of drug-likeness (QED) is 0.429. The van der Waals surface area contributed by atoms with Gasteiger partial charge in [0, 0.05) is 16.1 Å². The summed E-state index contributed by atoms with van der Waals surface area (Å²) in [7, 11) is 0. The molecule has 0 amide bonds. The molecule has 1 N–H and O–H groups in total. The zero-order valence-corrected chi connectivity index (χ0v) is 17.9. The lowest BCUT2D eigenvalue weighted by molar-refractivity contribution is -0.568. The molecule has 4 atom stereocenters. The van der Waals surface area contributed by atoms with Gasteiger partial charge in [-0.25, -0.2) is 0 Å². The highest BCUT2D eigenvalue weighted by molar-refractivity contribution is 6.15. The molecule has 5 rings (SSSR count). The van der Waals surface area contributed by atoms with Crippen molar-refractivity contribution in [1.82, 2.24) is 0 Å². The standard InChI is InChI=1S/C27H21N3O3/c1-17-23(18-10-4-2-5-11-18)21(16-28)25(29)27(30(31)32)24(17)20-14-8-9-15-22(20)33-26(27)19-12-6-3-7-13-19/h2-15,17,24,26,29H,1H3/t17?,24-,26+,27-/m1/s1. The summed E-state index contributed by atoms with van der Waals surface area (Å²) in [5.74, 6) is -0.526. The van der Waals surface area contributed by atoms with E-state index in [9.17, 15) is 15.4 Å². The third-order valence-corrected chi connectivity index (χ3v) is 6.85. The lowest BCUT2D eigenvalue weighted by Crippen LogP contribution is -2.62. The number of rotatable bonds is 3. The van der Waals surface area contributed by atoms with Crippen LogP contribution in [-0.2, 0) is 0 Å². The van der Waals surface area contributed by atoms with E-state index in [1.807, 2.05) is 67.6 Å². The van der Waals surface area contributed by atoms with Gasteiger partial charge in [0.05, 0.1) is 11.5 Å². The fourth-order valence-electron chi connectivity index (χ4n) is 5.52. The van der Waals surface area contributed by atoms with Gasteiger partial charge >= 0.3 is 5.54 Å². The molecule has 1 unspecified atom stereocenters. The van der Waals surface area contributed by atoms with E-state index in [1.165, 1.54) is 0 Å². The average molecular weight is 435 g/mol. The molecule has 6 nitrogen and oxygen atoms in total. The summed E-state index contributed by atoms with van der Waals surface area (Å²) in [5.41, 5.74) is 0.539. The summed E-state index contributed by atoms with van der Waals surface area (Å²) < 4.78 is 6.29. The van der Waals surface area contributed by atoms with E-state index in [2.05, 4.69) is 6.07 Å². The molecule has 2 aliphatic rings. The average Bonchev–Trinajstić information content (AvgIpc) is 2.85. The van der Waals surface area contributed by atoms with Crippen molar-refractivity contribution in [3.63, 3.8) is 0 Å². The Balaban J connectivity index is 1.87. The Morgan fingerprint density at radius 1 is 1.00 bits per heavy atom. The number of nitriles is 1. The van der Waals surface area contributed by atoms with Gasteiger partial charge in [0.25, 0.3) is 0 Å². The first-order valence-corrected chi connectivity index (χ1v) is 10.8. The predicted octanol–water partition coefficient (Wildman–Crippen LogP) is 5.57. The van der Waals surface area contributed by atoms with Crippen LogP contribution in [0.15, 0.2) is 90.5 Å². The van der Waals surface area contributed by atoms with E-state index in [1.54, 1.807) is 24.3 Å². The maximum Gasteiger partial charge on any atom is 0.311 e. The number of allylic oxidation sites excluding steroid dienone is 1. The molecule has 0 bridgehead atoms. The van der Waals surface area contributed by atoms with Crippen molar-refractivity contribution in [2.45, 2.75) is 24.5 Å². The van der Waals surface area contributed by atoms with Crippen LogP contribution in [0.3, 0.4) is 0 Å². The molecule has 3 aromatic carbocycles. The summed E-state index contributed by atoms with van der Waals surface area (Å²) >= 11 is 0. The van der Waals surface area contributed by atoms with Crippen molar-refractivity contribution in [3.05, 3.63) is 117 Å². The monoisotopic (exact) mass is 435 g/mol. The zero-order valence-electron chi connectivity index (χ0n) is 17.9. The number of nitrogens with one attached hydrogen (secondary N) is 1. The summed E-state index contributed by atoms with van der Waals surface area (Å²) in [6.45, 7) is 1.92. The highest BCUT2D eigenvalue weighted by atomic mass is 16.6. The maximum absolute atomic E-state index is 13.0. The van der Waals surface area contributed by atoms with E-state index in [4.69, 9.17) is 10.1 Å². The van der Waals surface area contributed by atoms with Gasteiger partial charge in [-0.1, -0.05) is 85.8 Å². The highest BCUT2D eigenvalue weighted by Gasteiger charge is 2.69. The molecule has 1 heterocycles. The lowest BCUT2D eigenvalue weighted by atomic mass is 9.57. The van der Waals surface area contributed by atoms with Gasteiger partial charge < -0.3 is 4.74 Å². The van der Waals surface area contributed by atoms with Gasteiger partial charge in [-0.2, -0.15) is 5.26 Å². The number of benzene rings is 3. The van der Waals surface area contributed by atoms with Gasteiger partial charge in [0.15, 0.2) is 0 Å². The van der Waals surface area contributed by atoms with E-state index in [0.717, 1.165) is 5.56 Å². The van der Waals surface area contributed by atoms with Crippen LogP contribution in [0.4, 0.5) is 0 Å². The summed E-state index contributed by atoms with van der Waals surface area (Å²) in [5, 5.41) is 32.3. The van der Waals surface area contributed by atoms with Crippen LogP contribution in [0, 0.1) is 32.8 Å². The fourth-order valence-corrected chi connectivity index (χ4v) is 5.52. The number of nitrogens with zero attached hydrogens (tertiary/aromatic N) is 2. The van der Waals surface area contributed by atoms with Crippen LogP contribution in [-0.4, -0.2) is 16.2 Å². The number of fused-ring (bicyclic) bond motifs is 3. The third-order valence-electron chi connectivity index (χ3n) is 6.85. The van der Waals surface area contributed by atoms with Gasteiger partial charge in [0.2, 0.25) is 6.10 Å². The number of ether oxygens (including phenoxy) is 1.